The zero-order valence-electron chi connectivity index (χ0n) is 17.3. The number of nitrogen functional groups attached to an aromatic ring is 1. The predicted molar refractivity (Wildman–Crippen MR) is 123 cm³/mol. The molecule has 1 atom stereocenters. The van der Waals surface area contributed by atoms with E-state index in [4.69, 9.17) is 19.9 Å². The van der Waals surface area contributed by atoms with Crippen LogP contribution < -0.4 is 16.2 Å². The van der Waals surface area contributed by atoms with Crippen molar-refractivity contribution < 1.29 is 22.0 Å². The average Bonchev–Trinajstić information content (AvgIpc) is 2.73. The van der Waals surface area contributed by atoms with Gasteiger partial charge in [-0.05, 0) is 31.5 Å². The van der Waals surface area contributed by atoms with E-state index in [9.17, 15) is 13.0 Å². The Bertz CT molecular complexity index is 1210. The molecule has 1 unspecified atom stereocenters. The van der Waals surface area contributed by atoms with E-state index in [0.29, 0.717) is 27.7 Å². The normalized spacial score (nSPS) is 13.3. The molecule has 0 heterocycles. The molecule has 3 aromatic carbocycles. The number of primary sulfonamides is 1. The second-order valence-electron chi connectivity index (χ2n) is 6.76. The highest BCUT2D eigenvalue weighted by molar-refractivity contribution is 7.89. The van der Waals surface area contributed by atoms with Gasteiger partial charge in [0, 0.05) is 10.8 Å². The molecular weight excluding hydrogens is 437 g/mol. The third-order valence-electron chi connectivity index (χ3n) is 4.69. The molecule has 0 spiro atoms. The van der Waals surface area contributed by atoms with Crippen molar-refractivity contribution in [1.82, 2.24) is 0 Å². The first-order chi connectivity index (χ1) is 14.7. The summed E-state index contributed by atoms with van der Waals surface area (Å²) < 4.78 is 49.0. The minimum absolute atomic E-state index is 0.0258. The lowest BCUT2D eigenvalue weighted by Crippen LogP contribution is -2.17. The number of fused-ring (bicyclic) bond motifs is 1. The largest absolute Gasteiger partial charge is 0.397 e. The number of hydrogen-bond acceptors (Lipinski definition) is 7. The second kappa shape index (κ2) is 9.38. The van der Waals surface area contributed by atoms with Crippen molar-refractivity contribution in [3.8, 4) is 0 Å². The van der Waals surface area contributed by atoms with Gasteiger partial charge in [0.1, 0.15) is 0 Å². The Morgan fingerprint density at radius 2 is 1.58 bits per heavy atom. The third kappa shape index (κ3) is 4.92. The molecule has 10 heteroatoms. The molecule has 31 heavy (non-hydrogen) atoms. The van der Waals surface area contributed by atoms with E-state index in [2.05, 4.69) is 5.32 Å². The standard InChI is InChI=1S/C21H26N3O5PS/c1-3-28-30(25,29-4-2)21(15-9-6-5-7-10-15)24-20-17-11-8-12-19(31(23,26)27)16(17)13-14-18(20)22/h5-14,21,24H,3-4,22H2,1-2H3,(H2,23,26,27). The Hall–Kier alpha value is -2.42. The predicted octanol–water partition coefficient (Wildman–Crippen LogP) is 4.45. The lowest BCUT2D eigenvalue weighted by Gasteiger charge is -2.29. The van der Waals surface area contributed by atoms with Crippen LogP contribution in [0.3, 0.4) is 0 Å². The first-order valence-corrected chi connectivity index (χ1v) is 12.9. The Morgan fingerprint density at radius 1 is 0.935 bits per heavy atom. The topological polar surface area (TPSA) is 134 Å². The van der Waals surface area contributed by atoms with Crippen LogP contribution in [0.4, 0.5) is 11.4 Å². The average molecular weight is 463 g/mol. The molecule has 5 N–H and O–H groups in total. The summed E-state index contributed by atoms with van der Waals surface area (Å²) in [6.45, 7) is 3.84. The van der Waals surface area contributed by atoms with Crippen molar-refractivity contribution in [3.63, 3.8) is 0 Å². The fourth-order valence-corrected chi connectivity index (χ4v) is 6.09. The molecule has 0 bridgehead atoms. The van der Waals surface area contributed by atoms with E-state index in [0.717, 1.165) is 0 Å². The Morgan fingerprint density at radius 3 is 2.16 bits per heavy atom. The number of rotatable bonds is 9. The summed E-state index contributed by atoms with van der Waals surface area (Å²) in [6.07, 6.45) is 0. The number of benzene rings is 3. The van der Waals surface area contributed by atoms with Gasteiger partial charge in [0.2, 0.25) is 10.0 Å². The van der Waals surface area contributed by atoms with Gasteiger partial charge in [0.25, 0.3) is 0 Å². The summed E-state index contributed by atoms with van der Waals surface area (Å²) in [5.74, 6) is -0.875. The number of nitrogens with one attached hydrogen (secondary N) is 1. The van der Waals surface area contributed by atoms with E-state index in [1.807, 2.05) is 18.2 Å². The van der Waals surface area contributed by atoms with Crippen LogP contribution in [-0.2, 0) is 23.6 Å². The van der Waals surface area contributed by atoms with Gasteiger partial charge in [-0.2, -0.15) is 0 Å². The zero-order valence-corrected chi connectivity index (χ0v) is 19.0. The maximum absolute atomic E-state index is 13.7. The molecule has 166 valence electrons. The summed E-state index contributed by atoms with van der Waals surface area (Å²) in [5, 5.41) is 9.53. The highest BCUT2D eigenvalue weighted by Crippen LogP contribution is 2.61. The lowest BCUT2D eigenvalue weighted by atomic mass is 10.1. The molecule has 0 aliphatic carbocycles. The fourth-order valence-electron chi connectivity index (χ4n) is 3.42. The molecule has 0 amide bonds. The summed E-state index contributed by atoms with van der Waals surface area (Å²) in [6, 6.07) is 17.0. The van der Waals surface area contributed by atoms with Gasteiger partial charge in [0.05, 0.1) is 29.5 Å². The van der Waals surface area contributed by atoms with Crippen LogP contribution in [0.2, 0.25) is 0 Å². The fraction of sp³-hybridized carbons (Fsp3) is 0.238. The van der Waals surface area contributed by atoms with Crippen molar-refractivity contribution in [2.24, 2.45) is 5.14 Å². The molecular formula is C21H26N3O5PS. The van der Waals surface area contributed by atoms with E-state index < -0.39 is 23.4 Å². The van der Waals surface area contributed by atoms with Crippen molar-refractivity contribution in [1.29, 1.82) is 0 Å². The molecule has 0 aliphatic rings. The molecule has 0 fully saturated rings. The van der Waals surface area contributed by atoms with Gasteiger partial charge >= 0.3 is 7.60 Å². The lowest BCUT2D eigenvalue weighted by molar-refractivity contribution is 0.214. The van der Waals surface area contributed by atoms with Crippen LogP contribution in [-0.4, -0.2) is 21.6 Å². The third-order valence-corrected chi connectivity index (χ3v) is 7.96. The van der Waals surface area contributed by atoms with Gasteiger partial charge in [-0.25, -0.2) is 13.6 Å². The summed E-state index contributed by atoms with van der Waals surface area (Å²) >= 11 is 0. The molecule has 0 saturated carbocycles. The van der Waals surface area contributed by atoms with Crippen LogP contribution in [0.1, 0.15) is 25.2 Å². The van der Waals surface area contributed by atoms with Crippen molar-refractivity contribution in [2.45, 2.75) is 24.5 Å². The molecule has 0 aliphatic heterocycles. The summed E-state index contributed by atoms with van der Waals surface area (Å²) in [5.41, 5.74) is 7.68. The smallest absolute Gasteiger partial charge is 0.357 e. The van der Waals surface area contributed by atoms with Crippen LogP contribution in [0.5, 0.6) is 0 Å². The highest BCUT2D eigenvalue weighted by atomic mass is 32.2. The van der Waals surface area contributed by atoms with Crippen molar-refractivity contribution in [2.75, 3.05) is 24.3 Å². The highest BCUT2D eigenvalue weighted by Gasteiger charge is 2.37. The van der Waals surface area contributed by atoms with Gasteiger partial charge in [-0.3, -0.25) is 4.57 Å². The SMILES string of the molecule is CCOP(=O)(OCC)C(Nc1c(N)ccc2c(S(N)(=O)=O)cccc12)c1ccccc1. The molecule has 0 aromatic heterocycles. The van der Waals surface area contributed by atoms with E-state index >= 15 is 0 Å². The van der Waals surface area contributed by atoms with Gasteiger partial charge in [-0.1, -0.05) is 48.5 Å². The van der Waals surface area contributed by atoms with Gasteiger partial charge in [-0.15, -0.1) is 0 Å². The number of anilines is 2. The first kappa shape index (κ1) is 23.2. The molecule has 0 radical (unpaired) electrons. The maximum atomic E-state index is 13.7. The Labute approximate surface area is 182 Å². The summed E-state index contributed by atoms with van der Waals surface area (Å²) in [4.78, 5) is -0.0258. The van der Waals surface area contributed by atoms with Crippen LogP contribution in [0, 0.1) is 0 Å². The maximum Gasteiger partial charge on any atom is 0.357 e. The minimum Gasteiger partial charge on any atom is -0.397 e. The summed E-state index contributed by atoms with van der Waals surface area (Å²) in [7, 11) is -7.63. The Kier molecular flexibility index (Phi) is 7.03. The zero-order chi connectivity index (χ0) is 22.6. The Balaban J connectivity index is 2.22. The molecule has 8 nitrogen and oxygen atoms in total. The number of hydrogen-bond donors (Lipinski definition) is 3. The van der Waals surface area contributed by atoms with Crippen LogP contribution in [0.15, 0.2) is 65.6 Å². The van der Waals surface area contributed by atoms with Crippen molar-refractivity contribution in [3.05, 3.63) is 66.2 Å². The molecule has 3 rings (SSSR count). The van der Waals surface area contributed by atoms with Gasteiger partial charge < -0.3 is 20.1 Å². The molecule has 0 saturated heterocycles. The molecule has 3 aromatic rings. The van der Waals surface area contributed by atoms with Crippen LogP contribution in [0.25, 0.3) is 10.8 Å². The number of sulfonamides is 1. The van der Waals surface area contributed by atoms with E-state index in [1.54, 1.807) is 50.2 Å². The van der Waals surface area contributed by atoms with Crippen LogP contribution >= 0.6 is 7.60 Å². The first-order valence-electron chi connectivity index (χ1n) is 9.75. The van der Waals surface area contributed by atoms with Crippen molar-refractivity contribution >= 4 is 39.8 Å². The van der Waals surface area contributed by atoms with E-state index in [-0.39, 0.29) is 18.1 Å². The number of nitrogens with two attached hydrogens (primary N) is 2. The van der Waals surface area contributed by atoms with Gasteiger partial charge in [0.15, 0.2) is 5.78 Å². The minimum atomic E-state index is -3.96. The van der Waals surface area contributed by atoms with E-state index in [1.165, 1.54) is 6.07 Å². The monoisotopic (exact) mass is 463 g/mol. The quantitative estimate of drug-likeness (QED) is 0.315. The second-order valence-corrected chi connectivity index (χ2v) is 10.4.